The van der Waals surface area contributed by atoms with Crippen LogP contribution in [0, 0.1) is 0 Å². The van der Waals surface area contributed by atoms with E-state index in [-0.39, 0.29) is 10.6 Å². The van der Waals surface area contributed by atoms with Gasteiger partial charge in [0, 0.05) is 26.2 Å². The van der Waals surface area contributed by atoms with Crippen molar-refractivity contribution in [3.63, 3.8) is 0 Å². The highest BCUT2D eigenvalue weighted by molar-refractivity contribution is 6.35. The summed E-state index contributed by atoms with van der Waals surface area (Å²) < 4.78 is 1.81. The van der Waals surface area contributed by atoms with E-state index >= 15 is 0 Å². The zero-order valence-electron chi connectivity index (χ0n) is 10.2. The molecule has 0 unspecified atom stereocenters. The third-order valence-corrected chi connectivity index (χ3v) is 2.95. The second-order valence-electron chi connectivity index (χ2n) is 3.86. The Bertz CT molecular complexity index is 599. The number of rotatable bonds is 5. The molecule has 0 fully saturated rings. The van der Waals surface area contributed by atoms with Gasteiger partial charge in [-0.05, 0) is 6.07 Å². The first kappa shape index (κ1) is 13.3. The lowest BCUT2D eigenvalue weighted by atomic mass is 10.2. The van der Waals surface area contributed by atoms with Gasteiger partial charge >= 0.3 is 5.97 Å². The van der Waals surface area contributed by atoms with Crippen LogP contribution < -0.4 is 5.32 Å². The van der Waals surface area contributed by atoms with Crippen molar-refractivity contribution in [1.29, 1.82) is 0 Å². The summed E-state index contributed by atoms with van der Waals surface area (Å²) >= 11 is 5.96. The standard InChI is InChI=1S/C11H12ClN5O2/c1-17-6-15-16-8(17)3-5-14-10-9(12)7(11(18)19)2-4-13-10/h2,4,6H,3,5H2,1H3,(H,13,14)(H,18,19). The van der Waals surface area contributed by atoms with E-state index in [1.165, 1.54) is 12.3 Å². The number of hydrogen-bond acceptors (Lipinski definition) is 5. The molecule has 0 aliphatic heterocycles. The quantitative estimate of drug-likeness (QED) is 0.856. The first-order valence-corrected chi connectivity index (χ1v) is 5.92. The molecule has 0 bridgehead atoms. The van der Waals surface area contributed by atoms with Crippen LogP contribution in [0.25, 0.3) is 0 Å². The third kappa shape index (κ3) is 3.00. The molecular weight excluding hydrogens is 270 g/mol. The Balaban J connectivity index is 2.02. The number of hydrogen-bond donors (Lipinski definition) is 2. The van der Waals surface area contributed by atoms with Gasteiger partial charge in [-0.1, -0.05) is 11.6 Å². The van der Waals surface area contributed by atoms with E-state index in [2.05, 4.69) is 20.5 Å². The molecule has 2 aromatic heterocycles. The smallest absolute Gasteiger partial charge is 0.337 e. The molecule has 8 heteroatoms. The molecule has 100 valence electrons. The monoisotopic (exact) mass is 281 g/mol. The minimum Gasteiger partial charge on any atom is -0.478 e. The molecule has 2 heterocycles. The number of carboxylic acids is 1. The lowest BCUT2D eigenvalue weighted by Gasteiger charge is -2.08. The van der Waals surface area contributed by atoms with E-state index in [0.29, 0.717) is 18.8 Å². The molecule has 0 spiro atoms. The maximum absolute atomic E-state index is 10.9. The van der Waals surface area contributed by atoms with Crippen LogP contribution in [0.4, 0.5) is 5.82 Å². The zero-order chi connectivity index (χ0) is 13.8. The summed E-state index contributed by atoms with van der Waals surface area (Å²) in [5.41, 5.74) is 0.0258. The Morgan fingerprint density at radius 2 is 2.37 bits per heavy atom. The van der Waals surface area contributed by atoms with Crippen molar-refractivity contribution in [2.24, 2.45) is 7.05 Å². The number of anilines is 1. The Hall–Kier alpha value is -2.15. The summed E-state index contributed by atoms with van der Waals surface area (Å²) in [6.07, 6.45) is 3.65. The van der Waals surface area contributed by atoms with Crippen LogP contribution in [-0.4, -0.2) is 37.4 Å². The third-order valence-electron chi connectivity index (χ3n) is 2.57. The predicted octanol–water partition coefficient (Wildman–Crippen LogP) is 1.22. The summed E-state index contributed by atoms with van der Waals surface area (Å²) in [6, 6.07) is 1.36. The molecule has 2 rings (SSSR count). The van der Waals surface area contributed by atoms with Crippen molar-refractivity contribution < 1.29 is 9.90 Å². The second-order valence-corrected chi connectivity index (χ2v) is 4.24. The second kappa shape index (κ2) is 5.66. The Kier molecular flexibility index (Phi) is 3.96. The van der Waals surface area contributed by atoms with Crippen molar-refractivity contribution in [1.82, 2.24) is 19.7 Å². The summed E-state index contributed by atoms with van der Waals surface area (Å²) in [4.78, 5) is 14.9. The van der Waals surface area contributed by atoms with E-state index in [0.717, 1.165) is 5.82 Å². The maximum atomic E-state index is 10.9. The van der Waals surface area contributed by atoms with Gasteiger partial charge in [0.15, 0.2) is 0 Å². The first-order chi connectivity index (χ1) is 9.09. The Morgan fingerprint density at radius 3 is 3.00 bits per heavy atom. The van der Waals surface area contributed by atoms with Crippen LogP contribution in [0.15, 0.2) is 18.6 Å². The molecule has 2 N–H and O–H groups in total. The fourth-order valence-electron chi connectivity index (χ4n) is 1.56. The van der Waals surface area contributed by atoms with Gasteiger partial charge in [-0.2, -0.15) is 0 Å². The van der Waals surface area contributed by atoms with Crippen LogP contribution in [0.5, 0.6) is 0 Å². The lowest BCUT2D eigenvalue weighted by molar-refractivity contribution is 0.0697. The Morgan fingerprint density at radius 1 is 1.58 bits per heavy atom. The average Bonchev–Trinajstić information content (AvgIpc) is 2.77. The van der Waals surface area contributed by atoms with Crippen molar-refractivity contribution in [2.45, 2.75) is 6.42 Å². The van der Waals surface area contributed by atoms with Gasteiger partial charge in [0.2, 0.25) is 0 Å². The van der Waals surface area contributed by atoms with Crippen LogP contribution >= 0.6 is 11.6 Å². The fraction of sp³-hybridized carbons (Fsp3) is 0.273. The van der Waals surface area contributed by atoms with Crippen molar-refractivity contribution >= 4 is 23.4 Å². The van der Waals surface area contributed by atoms with Crippen LogP contribution in [0.1, 0.15) is 16.2 Å². The minimum atomic E-state index is -1.08. The SMILES string of the molecule is Cn1cnnc1CCNc1nccc(C(=O)O)c1Cl. The highest BCUT2D eigenvalue weighted by Crippen LogP contribution is 2.23. The lowest BCUT2D eigenvalue weighted by Crippen LogP contribution is -2.11. The van der Waals surface area contributed by atoms with E-state index in [4.69, 9.17) is 16.7 Å². The van der Waals surface area contributed by atoms with Gasteiger partial charge in [-0.25, -0.2) is 9.78 Å². The number of nitrogens with zero attached hydrogens (tertiary/aromatic N) is 4. The number of nitrogens with one attached hydrogen (secondary N) is 1. The van der Waals surface area contributed by atoms with Gasteiger partial charge in [-0.3, -0.25) is 0 Å². The zero-order valence-corrected chi connectivity index (χ0v) is 10.9. The van der Waals surface area contributed by atoms with E-state index in [1.54, 1.807) is 6.33 Å². The Labute approximate surface area is 114 Å². The molecule has 0 amide bonds. The fourth-order valence-corrected chi connectivity index (χ4v) is 1.82. The van der Waals surface area contributed by atoms with Gasteiger partial charge in [0.25, 0.3) is 0 Å². The molecule has 19 heavy (non-hydrogen) atoms. The normalized spacial score (nSPS) is 10.4. The average molecular weight is 282 g/mol. The molecule has 0 aliphatic carbocycles. The highest BCUT2D eigenvalue weighted by atomic mass is 35.5. The molecular formula is C11H12ClN5O2. The highest BCUT2D eigenvalue weighted by Gasteiger charge is 2.13. The summed E-state index contributed by atoms with van der Waals surface area (Å²) in [5.74, 6) is 0.0884. The van der Waals surface area contributed by atoms with Crippen molar-refractivity contribution in [3.05, 3.63) is 35.0 Å². The van der Waals surface area contributed by atoms with E-state index in [1.807, 2.05) is 11.6 Å². The van der Waals surface area contributed by atoms with Gasteiger partial charge < -0.3 is 15.0 Å². The summed E-state index contributed by atoms with van der Waals surface area (Å²) in [6.45, 7) is 0.530. The molecule has 0 saturated heterocycles. The van der Waals surface area contributed by atoms with E-state index < -0.39 is 5.97 Å². The van der Waals surface area contributed by atoms with Crippen molar-refractivity contribution in [2.75, 3.05) is 11.9 Å². The minimum absolute atomic E-state index is 0.0258. The number of carboxylic acid groups (broad SMARTS) is 1. The topological polar surface area (TPSA) is 92.9 Å². The molecule has 2 aromatic rings. The summed E-state index contributed by atoms with van der Waals surface area (Å²) in [7, 11) is 1.85. The van der Waals surface area contributed by atoms with Gasteiger partial charge in [0.1, 0.15) is 18.0 Å². The molecule has 0 radical (unpaired) electrons. The molecule has 0 aliphatic rings. The van der Waals surface area contributed by atoms with E-state index in [9.17, 15) is 4.79 Å². The predicted molar refractivity (Wildman–Crippen MR) is 69.4 cm³/mol. The molecule has 0 aromatic carbocycles. The largest absolute Gasteiger partial charge is 0.478 e. The van der Waals surface area contributed by atoms with Gasteiger partial charge in [0.05, 0.1) is 10.6 Å². The molecule has 0 saturated carbocycles. The number of pyridine rings is 1. The van der Waals surface area contributed by atoms with Crippen LogP contribution in [-0.2, 0) is 13.5 Å². The number of aromatic nitrogens is 4. The number of carbonyl (C=O) groups is 1. The summed E-state index contributed by atoms with van der Waals surface area (Å²) in [5, 5.41) is 19.7. The maximum Gasteiger partial charge on any atom is 0.337 e. The van der Waals surface area contributed by atoms with Crippen LogP contribution in [0.3, 0.4) is 0 Å². The van der Waals surface area contributed by atoms with Crippen molar-refractivity contribution in [3.8, 4) is 0 Å². The number of aryl methyl sites for hydroxylation is 1. The van der Waals surface area contributed by atoms with Gasteiger partial charge in [-0.15, -0.1) is 10.2 Å². The van der Waals surface area contributed by atoms with Crippen LogP contribution in [0.2, 0.25) is 5.02 Å². The molecule has 0 atom stereocenters. The molecule has 7 nitrogen and oxygen atoms in total. The number of aromatic carboxylic acids is 1. The number of halogens is 1. The first-order valence-electron chi connectivity index (χ1n) is 5.54.